The molecule has 5 fully saturated rings. The Balaban J connectivity index is 0.000000233. The van der Waals surface area contributed by atoms with E-state index in [9.17, 15) is 38.4 Å². The fourth-order valence-electron chi connectivity index (χ4n) is 5.66. The lowest BCUT2D eigenvalue weighted by molar-refractivity contribution is -0.198. The van der Waals surface area contributed by atoms with Crippen LogP contribution in [-0.4, -0.2) is 152 Å². The quantitative estimate of drug-likeness (QED) is 0.0426. The normalized spacial score (nSPS) is 25.7. The van der Waals surface area contributed by atoms with Crippen molar-refractivity contribution in [1.29, 1.82) is 0 Å². The number of ether oxygens (including phenoxy) is 2. The number of imide groups is 1. The number of fused-ring (bicyclic) bond motifs is 2. The molecule has 5 aliphatic heterocycles. The smallest absolute Gasteiger partial charge is 0.335 e. The van der Waals surface area contributed by atoms with Crippen LogP contribution in [0.4, 0.5) is 14.4 Å². The molecule has 22 heteroatoms. The summed E-state index contributed by atoms with van der Waals surface area (Å²) in [6.07, 6.45) is 0.668. The number of hydroxylamine groups is 2. The molecule has 0 bridgehead atoms. The number of carbonyl (C=O) groups excluding carboxylic acids is 8. The van der Waals surface area contributed by atoms with Crippen molar-refractivity contribution in [3.8, 4) is 0 Å². The second-order valence-corrected chi connectivity index (χ2v) is 14.4. The Kier molecular flexibility index (Phi) is 15.7. The summed E-state index contributed by atoms with van der Waals surface area (Å²) in [7, 11) is 1.55. The highest BCUT2D eigenvalue weighted by atomic mass is 32.2. The predicted octanol–water partition coefficient (Wildman–Crippen LogP) is -2.72. The van der Waals surface area contributed by atoms with Crippen molar-refractivity contribution in [2.75, 3.05) is 64.6 Å². The summed E-state index contributed by atoms with van der Waals surface area (Å²) < 4.78 is 10.6. The summed E-state index contributed by atoms with van der Waals surface area (Å²) >= 11 is 3.36. The number of nitrogens with zero attached hydrogens (tertiary/aromatic N) is 1. The van der Waals surface area contributed by atoms with Crippen LogP contribution in [0.25, 0.3) is 0 Å². The molecule has 2 unspecified atom stereocenters. The van der Waals surface area contributed by atoms with Crippen LogP contribution in [0.15, 0.2) is 0 Å². The molecule has 5 aliphatic rings. The third-order valence-electron chi connectivity index (χ3n) is 8.20. The number of amides is 10. The van der Waals surface area contributed by atoms with Gasteiger partial charge in [0.15, 0.2) is 0 Å². The van der Waals surface area contributed by atoms with Gasteiger partial charge < -0.3 is 56.8 Å². The highest BCUT2D eigenvalue weighted by Gasteiger charge is 2.44. The van der Waals surface area contributed by atoms with E-state index in [1.165, 1.54) is 0 Å². The highest BCUT2D eigenvalue weighted by molar-refractivity contribution is 8.00. The summed E-state index contributed by atoms with van der Waals surface area (Å²) in [5.41, 5.74) is 0. The average Bonchev–Trinajstić information content (AvgIpc) is 3.90. The molecule has 6 atom stereocenters. The Morgan fingerprint density at radius 2 is 1.18 bits per heavy atom. The zero-order valence-corrected chi connectivity index (χ0v) is 29.8. The first-order valence-corrected chi connectivity index (χ1v) is 18.7. The minimum Gasteiger partial charge on any atom is -0.379 e. The Labute approximate surface area is 302 Å². The van der Waals surface area contributed by atoms with Gasteiger partial charge in [-0.1, -0.05) is 0 Å². The number of hydrogen-bond acceptors (Lipinski definition) is 13. The van der Waals surface area contributed by atoms with Crippen LogP contribution in [0.5, 0.6) is 0 Å². The lowest BCUT2D eigenvalue weighted by Crippen LogP contribution is -2.40. The first-order chi connectivity index (χ1) is 24.5. The van der Waals surface area contributed by atoms with Crippen LogP contribution >= 0.6 is 23.5 Å². The lowest BCUT2D eigenvalue weighted by atomic mass is 10.1. The molecule has 0 aromatic heterocycles. The largest absolute Gasteiger partial charge is 0.379 e. The summed E-state index contributed by atoms with van der Waals surface area (Å²) in [6.45, 7) is 2.17. The number of hydrogen-bond donors (Lipinski definition) is 8. The third kappa shape index (κ3) is 12.6. The van der Waals surface area contributed by atoms with Crippen molar-refractivity contribution in [3.05, 3.63) is 0 Å². The molecule has 5 heterocycles. The maximum Gasteiger partial charge on any atom is 0.335 e. The van der Waals surface area contributed by atoms with Gasteiger partial charge in [-0.05, 0) is 0 Å². The number of nitrogens with one attached hydrogen (secondary N) is 8. The van der Waals surface area contributed by atoms with Gasteiger partial charge in [-0.25, -0.2) is 19.2 Å². The summed E-state index contributed by atoms with van der Waals surface area (Å²) in [5.74, 6) is -0.335. The van der Waals surface area contributed by atoms with Crippen molar-refractivity contribution in [2.45, 2.75) is 66.8 Å². The first-order valence-electron chi connectivity index (χ1n) is 16.6. The summed E-state index contributed by atoms with van der Waals surface area (Å²) in [4.78, 5) is 96.3. The maximum absolute atomic E-state index is 12.0. The molecule has 20 nitrogen and oxygen atoms in total. The van der Waals surface area contributed by atoms with Gasteiger partial charge in [0.25, 0.3) is 11.8 Å². The number of rotatable bonds is 17. The Bertz CT molecular complexity index is 1300. The molecule has 51 heavy (non-hydrogen) atoms. The number of urea groups is 3. The van der Waals surface area contributed by atoms with Gasteiger partial charge in [-0.3, -0.25) is 19.2 Å². The Morgan fingerprint density at radius 3 is 1.67 bits per heavy atom. The molecule has 0 aromatic carbocycles. The molecule has 0 aromatic rings. The van der Waals surface area contributed by atoms with E-state index in [2.05, 4.69) is 42.5 Å². The van der Waals surface area contributed by atoms with E-state index in [0.29, 0.717) is 44.2 Å². The standard InChI is InChI=1S/C16H22N4O7S.C13H23N5O4S/c21-11(7-10-15-9(8-28-10)18-16(25)19-15)17-4-6-26-5-3-14(24)27-20-12(22)1-2-13(20)23;1-14-12(20)16-3-5-22-4-2-15-10(19)6-9-11-8(7-23-9)17-13(21)18-11/h9-10,15H,1-8H2,(H,17,21)(H2,18,19,25);8-9,11H,2-7H2,1H3,(H,15,19)(H2,14,16,20)(H2,17,18,21)/t9-,10?,15-;8-,9?,11-/m00/s1. The van der Waals surface area contributed by atoms with Crippen LogP contribution in [0.1, 0.15) is 32.1 Å². The van der Waals surface area contributed by atoms with E-state index in [1.54, 1.807) is 30.6 Å². The number of carbonyl (C=O) groups is 8. The topological polar surface area (TPSA) is 264 Å². The highest BCUT2D eigenvalue weighted by Crippen LogP contribution is 2.32. The van der Waals surface area contributed by atoms with Crippen molar-refractivity contribution in [3.63, 3.8) is 0 Å². The monoisotopic (exact) mass is 759 g/mol. The van der Waals surface area contributed by atoms with Crippen LogP contribution in [-0.2, 0) is 38.3 Å². The van der Waals surface area contributed by atoms with E-state index < -0.39 is 17.8 Å². The molecular formula is C29H45N9O11S2. The van der Waals surface area contributed by atoms with Gasteiger partial charge in [0.1, 0.15) is 0 Å². The summed E-state index contributed by atoms with van der Waals surface area (Å²) in [6, 6.07) is -0.380. The predicted molar refractivity (Wildman–Crippen MR) is 182 cm³/mol. The third-order valence-corrected chi connectivity index (χ3v) is 11.1. The van der Waals surface area contributed by atoms with Crippen molar-refractivity contribution in [1.82, 2.24) is 47.6 Å². The number of thioether (sulfide) groups is 2. The van der Waals surface area contributed by atoms with E-state index in [1.807, 2.05) is 0 Å². The summed E-state index contributed by atoms with van der Waals surface area (Å²) in [5, 5.41) is 22.6. The second-order valence-electron chi connectivity index (χ2n) is 11.9. The van der Waals surface area contributed by atoms with E-state index in [-0.39, 0.29) is 104 Å². The van der Waals surface area contributed by atoms with Crippen molar-refractivity contribution < 1.29 is 52.7 Å². The second kappa shape index (κ2) is 20.1. The fraction of sp³-hybridized carbons (Fsp3) is 0.724. The maximum atomic E-state index is 12.0. The van der Waals surface area contributed by atoms with E-state index in [4.69, 9.17) is 14.3 Å². The zero-order valence-electron chi connectivity index (χ0n) is 28.1. The molecule has 5 rings (SSSR count). The molecule has 284 valence electrons. The van der Waals surface area contributed by atoms with Crippen LogP contribution < -0.4 is 42.5 Å². The molecule has 0 aliphatic carbocycles. The van der Waals surface area contributed by atoms with Gasteiger partial charge in [0.2, 0.25) is 11.8 Å². The van der Waals surface area contributed by atoms with Gasteiger partial charge in [-0.15, -0.1) is 5.06 Å². The van der Waals surface area contributed by atoms with Crippen molar-refractivity contribution >= 4 is 71.2 Å². The van der Waals surface area contributed by atoms with Crippen molar-refractivity contribution in [2.24, 2.45) is 0 Å². The molecule has 0 saturated carbocycles. The average molecular weight is 760 g/mol. The molecule has 0 radical (unpaired) electrons. The lowest BCUT2D eigenvalue weighted by Gasteiger charge is -2.16. The van der Waals surface area contributed by atoms with Gasteiger partial charge in [0.05, 0.1) is 57.0 Å². The minimum atomic E-state index is -0.729. The van der Waals surface area contributed by atoms with E-state index >= 15 is 0 Å². The zero-order chi connectivity index (χ0) is 36.8. The molecule has 5 saturated heterocycles. The van der Waals surface area contributed by atoms with E-state index in [0.717, 1.165) is 11.5 Å². The van der Waals surface area contributed by atoms with Gasteiger partial charge in [0, 0.05) is 74.4 Å². The Hall–Kier alpha value is -4.02. The van der Waals surface area contributed by atoms with Crippen LogP contribution in [0, 0.1) is 0 Å². The molecule has 8 N–H and O–H groups in total. The SMILES string of the molecule is CNC(=O)NCCOCCNC(=O)CC1SC[C@@H]2NC(=O)N[C@H]12.O=C(CC1SC[C@@H]2NC(=O)N[C@H]12)NCCOCCC(=O)ON1C(=O)CCC1=O. The molecule has 10 amide bonds. The van der Waals surface area contributed by atoms with Gasteiger partial charge >= 0.3 is 24.1 Å². The molecular weight excluding hydrogens is 715 g/mol. The minimum absolute atomic E-state index is 0.0279. The van der Waals surface area contributed by atoms with Crippen LogP contribution in [0.2, 0.25) is 0 Å². The first kappa shape index (κ1) is 39.8. The Morgan fingerprint density at radius 1 is 0.706 bits per heavy atom. The molecule has 0 spiro atoms. The fourth-order valence-corrected chi connectivity index (χ4v) is 8.62. The van der Waals surface area contributed by atoms with Gasteiger partial charge in [-0.2, -0.15) is 23.5 Å². The van der Waals surface area contributed by atoms with Crippen LogP contribution in [0.3, 0.4) is 0 Å².